The molecule has 134 valence electrons. The van der Waals surface area contributed by atoms with E-state index in [2.05, 4.69) is 36.5 Å². The van der Waals surface area contributed by atoms with Crippen LogP contribution in [-0.2, 0) is 6.54 Å². The lowest BCUT2D eigenvalue weighted by Gasteiger charge is -2.11. The zero-order chi connectivity index (χ0) is 18.6. The van der Waals surface area contributed by atoms with Gasteiger partial charge in [0.25, 0.3) is 0 Å². The van der Waals surface area contributed by atoms with Crippen molar-refractivity contribution in [1.29, 1.82) is 0 Å². The summed E-state index contributed by atoms with van der Waals surface area (Å²) >= 11 is 0. The number of ether oxygens (including phenoxy) is 1. The van der Waals surface area contributed by atoms with Crippen molar-refractivity contribution < 1.29 is 4.74 Å². The van der Waals surface area contributed by atoms with Crippen LogP contribution in [0.2, 0.25) is 0 Å². The van der Waals surface area contributed by atoms with Gasteiger partial charge in [-0.1, -0.05) is 42.0 Å². The minimum atomic E-state index is 0.697. The number of hydrogen-bond donors (Lipinski definition) is 1. The van der Waals surface area contributed by atoms with Crippen LogP contribution >= 0.6 is 0 Å². The zero-order valence-electron chi connectivity index (χ0n) is 15.4. The Kier molecular flexibility index (Phi) is 4.71. The molecule has 0 atom stereocenters. The number of aryl methyl sites for hydroxylation is 1. The van der Waals surface area contributed by atoms with E-state index in [1.165, 1.54) is 11.1 Å². The Labute approximate surface area is 158 Å². The van der Waals surface area contributed by atoms with Gasteiger partial charge in [-0.3, -0.25) is 0 Å². The fourth-order valence-corrected chi connectivity index (χ4v) is 2.97. The summed E-state index contributed by atoms with van der Waals surface area (Å²) in [5.74, 6) is 2.35. The molecule has 0 unspecified atom stereocenters. The quantitative estimate of drug-likeness (QED) is 0.533. The normalized spacial score (nSPS) is 10.7. The molecule has 4 aromatic rings. The first-order chi connectivity index (χ1) is 13.2. The molecule has 0 aliphatic heterocycles. The molecule has 1 N–H and O–H groups in total. The van der Waals surface area contributed by atoms with Gasteiger partial charge < -0.3 is 10.1 Å². The third-order valence-electron chi connectivity index (χ3n) is 4.53. The molecule has 4 nitrogen and oxygen atoms in total. The number of nitrogens with one attached hydrogen (secondary N) is 1. The summed E-state index contributed by atoms with van der Waals surface area (Å²) in [6.45, 7) is 2.81. The van der Waals surface area contributed by atoms with Gasteiger partial charge >= 0.3 is 0 Å². The monoisotopic (exact) mass is 355 g/mol. The van der Waals surface area contributed by atoms with Crippen LogP contribution in [-0.4, -0.2) is 17.1 Å². The minimum absolute atomic E-state index is 0.697. The smallest absolute Gasteiger partial charge is 0.162 e. The van der Waals surface area contributed by atoms with Crippen LogP contribution in [0.5, 0.6) is 5.75 Å². The maximum Gasteiger partial charge on any atom is 0.162 e. The molecule has 0 radical (unpaired) electrons. The van der Waals surface area contributed by atoms with Crippen molar-refractivity contribution in [1.82, 2.24) is 9.97 Å². The summed E-state index contributed by atoms with van der Waals surface area (Å²) in [5.41, 5.74) is 4.35. The number of hydrogen-bond acceptors (Lipinski definition) is 4. The number of methoxy groups -OCH3 is 1. The number of fused-ring (bicyclic) bond motifs is 1. The van der Waals surface area contributed by atoms with Crippen LogP contribution in [0.1, 0.15) is 11.1 Å². The second-order valence-electron chi connectivity index (χ2n) is 6.48. The zero-order valence-corrected chi connectivity index (χ0v) is 15.4. The molecule has 1 heterocycles. The Bertz CT molecular complexity index is 1060. The van der Waals surface area contributed by atoms with Crippen LogP contribution < -0.4 is 10.1 Å². The Balaban J connectivity index is 1.70. The van der Waals surface area contributed by atoms with Crippen molar-refractivity contribution in [2.24, 2.45) is 0 Å². The van der Waals surface area contributed by atoms with Crippen molar-refractivity contribution in [2.45, 2.75) is 13.5 Å². The summed E-state index contributed by atoms with van der Waals surface area (Å²) in [7, 11) is 1.66. The summed E-state index contributed by atoms with van der Waals surface area (Å²) in [6.07, 6.45) is 0. The van der Waals surface area contributed by atoms with Crippen LogP contribution in [0.4, 0.5) is 5.82 Å². The second-order valence-corrected chi connectivity index (χ2v) is 6.48. The van der Waals surface area contributed by atoms with Crippen molar-refractivity contribution in [3.63, 3.8) is 0 Å². The van der Waals surface area contributed by atoms with E-state index in [0.29, 0.717) is 12.4 Å². The summed E-state index contributed by atoms with van der Waals surface area (Å²) in [6, 6.07) is 24.4. The molecule has 0 fully saturated rings. The van der Waals surface area contributed by atoms with Crippen molar-refractivity contribution >= 4 is 16.7 Å². The highest BCUT2D eigenvalue weighted by Gasteiger charge is 2.09. The number of aromatic nitrogens is 2. The van der Waals surface area contributed by atoms with Crippen LogP contribution in [0.15, 0.2) is 72.8 Å². The van der Waals surface area contributed by atoms with Gasteiger partial charge in [0.2, 0.25) is 0 Å². The largest absolute Gasteiger partial charge is 0.497 e. The number of anilines is 1. The van der Waals surface area contributed by atoms with Crippen molar-refractivity contribution in [3.8, 4) is 17.1 Å². The predicted octanol–water partition coefficient (Wildman–Crippen LogP) is 5.23. The average Bonchev–Trinajstić information content (AvgIpc) is 2.73. The standard InChI is InChI=1S/C23H21N3O/c1-16-7-9-17(10-8-16)15-24-23-20-5-3-4-6-21(20)25-22(26-23)18-11-13-19(27-2)14-12-18/h3-14H,15H2,1-2H3,(H,24,25,26). The molecule has 0 bridgehead atoms. The topological polar surface area (TPSA) is 47.0 Å². The average molecular weight is 355 g/mol. The molecular weight excluding hydrogens is 334 g/mol. The van der Waals surface area contributed by atoms with Gasteiger partial charge in [0, 0.05) is 17.5 Å². The first-order valence-corrected chi connectivity index (χ1v) is 8.93. The molecule has 0 saturated carbocycles. The highest BCUT2D eigenvalue weighted by Crippen LogP contribution is 2.26. The molecule has 3 aromatic carbocycles. The Morgan fingerprint density at radius 2 is 1.59 bits per heavy atom. The van der Waals surface area contributed by atoms with Crippen LogP contribution in [0.3, 0.4) is 0 Å². The van der Waals surface area contributed by atoms with E-state index in [1.54, 1.807) is 7.11 Å². The maximum atomic E-state index is 5.24. The van der Waals surface area contributed by atoms with Crippen molar-refractivity contribution in [2.75, 3.05) is 12.4 Å². The Hall–Kier alpha value is -3.40. The molecule has 1 aromatic heterocycles. The van der Waals surface area contributed by atoms with Gasteiger partial charge in [-0.2, -0.15) is 0 Å². The highest BCUT2D eigenvalue weighted by molar-refractivity contribution is 5.90. The third-order valence-corrected chi connectivity index (χ3v) is 4.53. The first-order valence-electron chi connectivity index (χ1n) is 8.93. The Morgan fingerprint density at radius 3 is 2.33 bits per heavy atom. The molecule has 27 heavy (non-hydrogen) atoms. The van der Waals surface area contributed by atoms with Crippen LogP contribution in [0.25, 0.3) is 22.3 Å². The molecule has 0 aliphatic carbocycles. The molecule has 0 aliphatic rings. The lowest BCUT2D eigenvalue weighted by Crippen LogP contribution is -2.04. The summed E-state index contributed by atoms with van der Waals surface area (Å²) < 4.78 is 5.24. The fourth-order valence-electron chi connectivity index (χ4n) is 2.97. The second kappa shape index (κ2) is 7.46. The number of nitrogens with zero attached hydrogens (tertiary/aromatic N) is 2. The lowest BCUT2D eigenvalue weighted by atomic mass is 10.1. The first kappa shape index (κ1) is 17.0. The van der Waals surface area contributed by atoms with E-state index in [9.17, 15) is 0 Å². The molecular formula is C23H21N3O. The number of para-hydroxylation sites is 1. The van der Waals surface area contributed by atoms with Crippen LogP contribution in [0, 0.1) is 6.92 Å². The fraction of sp³-hybridized carbons (Fsp3) is 0.130. The van der Waals surface area contributed by atoms with Gasteiger partial charge in [0.15, 0.2) is 5.82 Å². The molecule has 4 rings (SSSR count). The maximum absolute atomic E-state index is 5.24. The third kappa shape index (κ3) is 3.75. The Morgan fingerprint density at radius 1 is 0.852 bits per heavy atom. The molecule has 4 heteroatoms. The summed E-state index contributed by atoms with van der Waals surface area (Å²) in [5, 5.41) is 4.50. The SMILES string of the molecule is COc1ccc(-c2nc(NCc3ccc(C)cc3)c3ccccc3n2)cc1. The van der Waals surface area contributed by atoms with E-state index < -0.39 is 0 Å². The summed E-state index contributed by atoms with van der Waals surface area (Å²) in [4.78, 5) is 9.53. The van der Waals surface area contributed by atoms with Gasteiger partial charge in [-0.25, -0.2) is 9.97 Å². The minimum Gasteiger partial charge on any atom is -0.497 e. The predicted molar refractivity (Wildman–Crippen MR) is 110 cm³/mol. The van der Waals surface area contributed by atoms with Gasteiger partial charge in [-0.05, 0) is 48.9 Å². The van der Waals surface area contributed by atoms with Gasteiger partial charge in [-0.15, -0.1) is 0 Å². The van der Waals surface area contributed by atoms with Crippen molar-refractivity contribution in [3.05, 3.63) is 83.9 Å². The van der Waals surface area contributed by atoms with E-state index in [0.717, 1.165) is 28.0 Å². The van der Waals surface area contributed by atoms with E-state index in [-0.39, 0.29) is 0 Å². The van der Waals surface area contributed by atoms with E-state index in [1.807, 2.05) is 48.5 Å². The molecule has 0 amide bonds. The molecule has 0 spiro atoms. The van der Waals surface area contributed by atoms with E-state index >= 15 is 0 Å². The number of rotatable bonds is 5. The molecule has 0 saturated heterocycles. The number of benzene rings is 3. The van der Waals surface area contributed by atoms with E-state index in [4.69, 9.17) is 14.7 Å². The van der Waals surface area contributed by atoms with Gasteiger partial charge in [0.05, 0.1) is 12.6 Å². The highest BCUT2D eigenvalue weighted by atomic mass is 16.5. The van der Waals surface area contributed by atoms with Gasteiger partial charge in [0.1, 0.15) is 11.6 Å². The lowest BCUT2D eigenvalue weighted by molar-refractivity contribution is 0.415.